The van der Waals surface area contributed by atoms with E-state index < -0.39 is 0 Å². The fourth-order valence-electron chi connectivity index (χ4n) is 2.14. The minimum absolute atomic E-state index is 0.0775. The lowest BCUT2D eigenvalue weighted by Gasteiger charge is -2.18. The zero-order valence-electron chi connectivity index (χ0n) is 13.7. The molecule has 23 heavy (non-hydrogen) atoms. The summed E-state index contributed by atoms with van der Waals surface area (Å²) in [5.41, 5.74) is 1.69. The molecule has 0 heterocycles. The van der Waals surface area contributed by atoms with Crippen molar-refractivity contribution in [3.8, 4) is 11.5 Å². The lowest BCUT2D eigenvalue weighted by molar-refractivity contribution is -0.118. The summed E-state index contributed by atoms with van der Waals surface area (Å²) < 4.78 is 11.0. The molecule has 0 aliphatic heterocycles. The van der Waals surface area contributed by atoms with Crippen molar-refractivity contribution >= 4 is 17.3 Å². The third-order valence-electron chi connectivity index (χ3n) is 3.17. The highest BCUT2D eigenvalue weighted by Gasteiger charge is 2.10. The predicted molar refractivity (Wildman–Crippen MR) is 92.5 cm³/mol. The summed E-state index contributed by atoms with van der Waals surface area (Å²) in [5.74, 6) is 0.979. The van der Waals surface area contributed by atoms with Gasteiger partial charge in [0.25, 0.3) is 5.91 Å². The van der Waals surface area contributed by atoms with Crippen molar-refractivity contribution < 1.29 is 14.3 Å². The Balaban J connectivity index is 1.99. The summed E-state index contributed by atoms with van der Waals surface area (Å²) in [6.45, 7) is 2.37. The molecule has 0 bridgehead atoms. The van der Waals surface area contributed by atoms with E-state index in [4.69, 9.17) is 9.47 Å². The maximum absolute atomic E-state index is 12.1. The molecule has 0 atom stereocenters. The fourth-order valence-corrected chi connectivity index (χ4v) is 2.14. The van der Waals surface area contributed by atoms with Crippen LogP contribution in [0.2, 0.25) is 0 Å². The lowest BCUT2D eigenvalue weighted by atomic mass is 10.2. The predicted octanol–water partition coefficient (Wildman–Crippen LogP) is 3.17. The quantitative estimate of drug-likeness (QED) is 0.853. The molecule has 5 nitrogen and oxygen atoms in total. The first-order valence-corrected chi connectivity index (χ1v) is 7.52. The van der Waals surface area contributed by atoms with Crippen LogP contribution < -0.4 is 19.7 Å². The van der Waals surface area contributed by atoms with Gasteiger partial charge in [0.15, 0.2) is 18.1 Å². The van der Waals surface area contributed by atoms with Gasteiger partial charge >= 0.3 is 0 Å². The van der Waals surface area contributed by atoms with Crippen molar-refractivity contribution in [3.05, 3.63) is 48.5 Å². The van der Waals surface area contributed by atoms with Gasteiger partial charge in [0, 0.05) is 14.1 Å². The molecule has 1 amide bonds. The summed E-state index contributed by atoms with van der Waals surface area (Å²) in [6, 6.07) is 14.9. The Morgan fingerprint density at radius 1 is 1.00 bits per heavy atom. The summed E-state index contributed by atoms with van der Waals surface area (Å²) in [6.07, 6.45) is 0. The molecular weight excluding hydrogens is 292 g/mol. The molecule has 5 heteroatoms. The summed E-state index contributed by atoms with van der Waals surface area (Å²) in [7, 11) is 3.86. The van der Waals surface area contributed by atoms with E-state index in [1.165, 1.54) is 0 Å². The summed E-state index contributed by atoms with van der Waals surface area (Å²) >= 11 is 0. The van der Waals surface area contributed by atoms with E-state index in [2.05, 4.69) is 5.32 Å². The van der Waals surface area contributed by atoms with E-state index in [9.17, 15) is 4.79 Å². The second-order valence-corrected chi connectivity index (χ2v) is 5.13. The minimum Gasteiger partial charge on any atom is -0.490 e. The van der Waals surface area contributed by atoms with Crippen LogP contribution in [0.3, 0.4) is 0 Å². The number of amides is 1. The highest BCUT2D eigenvalue weighted by Crippen LogP contribution is 2.27. The van der Waals surface area contributed by atoms with E-state index in [-0.39, 0.29) is 12.5 Å². The van der Waals surface area contributed by atoms with Crippen LogP contribution in [-0.2, 0) is 4.79 Å². The first-order chi connectivity index (χ1) is 11.1. The molecule has 2 aromatic carbocycles. The molecule has 2 aromatic rings. The average molecular weight is 314 g/mol. The van der Waals surface area contributed by atoms with Gasteiger partial charge < -0.3 is 19.7 Å². The molecule has 1 N–H and O–H groups in total. The van der Waals surface area contributed by atoms with Crippen LogP contribution in [0.4, 0.5) is 11.4 Å². The summed E-state index contributed by atoms with van der Waals surface area (Å²) in [5, 5.41) is 2.87. The molecule has 0 radical (unpaired) electrons. The van der Waals surface area contributed by atoms with Crippen molar-refractivity contribution in [1.82, 2.24) is 0 Å². The zero-order valence-corrected chi connectivity index (χ0v) is 13.7. The van der Waals surface area contributed by atoms with Gasteiger partial charge in [0.2, 0.25) is 0 Å². The highest BCUT2D eigenvalue weighted by atomic mass is 16.5. The molecule has 0 saturated carbocycles. The number of hydrogen-bond acceptors (Lipinski definition) is 4. The Labute approximate surface area is 136 Å². The second kappa shape index (κ2) is 8.08. The number of hydrogen-bond donors (Lipinski definition) is 1. The van der Waals surface area contributed by atoms with Crippen molar-refractivity contribution in [2.24, 2.45) is 0 Å². The van der Waals surface area contributed by atoms with E-state index in [1.807, 2.05) is 68.4 Å². The van der Waals surface area contributed by atoms with Crippen LogP contribution >= 0.6 is 0 Å². The third kappa shape index (κ3) is 4.64. The van der Waals surface area contributed by atoms with Crippen LogP contribution in [-0.4, -0.2) is 33.2 Å². The largest absolute Gasteiger partial charge is 0.490 e. The van der Waals surface area contributed by atoms with Gasteiger partial charge in [-0.05, 0) is 31.2 Å². The maximum Gasteiger partial charge on any atom is 0.262 e. The Morgan fingerprint density at radius 2 is 1.61 bits per heavy atom. The van der Waals surface area contributed by atoms with Crippen LogP contribution in [0.15, 0.2) is 48.5 Å². The fraction of sp³-hybridized carbons (Fsp3) is 0.278. The normalized spacial score (nSPS) is 10.0. The van der Waals surface area contributed by atoms with Crippen LogP contribution in [0.25, 0.3) is 0 Å². The van der Waals surface area contributed by atoms with Crippen LogP contribution in [0.1, 0.15) is 6.92 Å². The second-order valence-electron chi connectivity index (χ2n) is 5.13. The van der Waals surface area contributed by atoms with Gasteiger partial charge in [0.05, 0.1) is 18.0 Å². The molecule has 122 valence electrons. The number of carbonyl (C=O) groups is 1. The topological polar surface area (TPSA) is 50.8 Å². The van der Waals surface area contributed by atoms with Crippen LogP contribution in [0.5, 0.6) is 11.5 Å². The van der Waals surface area contributed by atoms with Crippen molar-refractivity contribution in [3.63, 3.8) is 0 Å². The Bertz CT molecular complexity index is 656. The van der Waals surface area contributed by atoms with Gasteiger partial charge in [-0.1, -0.05) is 24.3 Å². The number of benzene rings is 2. The maximum atomic E-state index is 12.1. The first-order valence-electron chi connectivity index (χ1n) is 7.52. The van der Waals surface area contributed by atoms with Crippen molar-refractivity contribution in [1.29, 1.82) is 0 Å². The van der Waals surface area contributed by atoms with Gasteiger partial charge in [0.1, 0.15) is 0 Å². The number of rotatable bonds is 7. The van der Waals surface area contributed by atoms with Gasteiger partial charge in [-0.15, -0.1) is 0 Å². The number of anilines is 2. The average Bonchev–Trinajstić information content (AvgIpc) is 2.54. The van der Waals surface area contributed by atoms with Crippen molar-refractivity contribution in [2.75, 3.05) is 37.5 Å². The molecule has 0 fully saturated rings. The smallest absolute Gasteiger partial charge is 0.262 e. The Morgan fingerprint density at radius 3 is 2.26 bits per heavy atom. The molecule has 0 aromatic heterocycles. The SMILES string of the molecule is CCOc1ccccc1OCC(=O)Nc1ccccc1N(C)C. The summed E-state index contributed by atoms with van der Waals surface area (Å²) in [4.78, 5) is 14.1. The monoisotopic (exact) mass is 314 g/mol. The number of nitrogens with zero attached hydrogens (tertiary/aromatic N) is 1. The van der Waals surface area contributed by atoms with Crippen LogP contribution in [0, 0.1) is 0 Å². The van der Waals surface area contributed by atoms with Gasteiger partial charge in [-0.2, -0.15) is 0 Å². The standard InChI is InChI=1S/C18H22N2O3/c1-4-22-16-11-7-8-12-17(16)23-13-18(21)19-14-9-5-6-10-15(14)20(2)3/h5-12H,4,13H2,1-3H3,(H,19,21). The zero-order chi connectivity index (χ0) is 16.7. The Kier molecular flexibility index (Phi) is 5.86. The van der Waals surface area contributed by atoms with E-state index in [0.29, 0.717) is 18.1 Å². The van der Waals surface area contributed by atoms with Crippen molar-refractivity contribution in [2.45, 2.75) is 6.92 Å². The molecule has 0 saturated heterocycles. The van der Waals surface area contributed by atoms with Gasteiger partial charge in [-0.25, -0.2) is 0 Å². The number of ether oxygens (including phenoxy) is 2. The first kappa shape index (κ1) is 16.7. The Hall–Kier alpha value is -2.69. The number of carbonyl (C=O) groups excluding carboxylic acids is 1. The minimum atomic E-state index is -0.217. The lowest BCUT2D eigenvalue weighted by Crippen LogP contribution is -2.22. The van der Waals surface area contributed by atoms with E-state index >= 15 is 0 Å². The molecule has 2 rings (SSSR count). The molecule has 0 spiro atoms. The number of para-hydroxylation sites is 4. The molecule has 0 aliphatic carbocycles. The van der Waals surface area contributed by atoms with E-state index in [0.717, 1.165) is 11.4 Å². The molecule has 0 aliphatic rings. The molecule has 0 unspecified atom stereocenters. The van der Waals surface area contributed by atoms with E-state index in [1.54, 1.807) is 6.07 Å². The number of nitrogens with one attached hydrogen (secondary N) is 1. The van der Waals surface area contributed by atoms with Gasteiger partial charge in [-0.3, -0.25) is 4.79 Å². The molecular formula is C18H22N2O3. The third-order valence-corrected chi connectivity index (χ3v) is 3.17. The highest BCUT2D eigenvalue weighted by molar-refractivity contribution is 5.95.